The standard InChI is InChI=1S/C18H33N5O3S2.HI/c1-3-19-18(20-8-6-9-22-28(24,25)4-2)21-15-16(17-7-5-14-27-17)23-10-12-26-13-11-23;/h5,7,14,16,22H,3-4,6,8-13,15H2,1-2H3,(H2,19,20,21);1H. The fourth-order valence-corrected chi connectivity index (χ4v) is 4.41. The number of hydrogen-bond acceptors (Lipinski definition) is 6. The fraction of sp³-hybridized carbons (Fsp3) is 0.722. The van der Waals surface area contributed by atoms with E-state index < -0.39 is 10.0 Å². The number of nitrogens with zero attached hydrogens (tertiary/aromatic N) is 2. The van der Waals surface area contributed by atoms with Gasteiger partial charge in [-0.05, 0) is 31.7 Å². The summed E-state index contributed by atoms with van der Waals surface area (Å²) in [5.41, 5.74) is 0. The first-order valence-corrected chi connectivity index (χ1v) is 12.4. The van der Waals surface area contributed by atoms with Crippen molar-refractivity contribution in [2.45, 2.75) is 26.3 Å². The van der Waals surface area contributed by atoms with Crippen molar-refractivity contribution in [2.75, 3.05) is 58.2 Å². The maximum atomic E-state index is 11.5. The Morgan fingerprint density at radius 1 is 1.28 bits per heavy atom. The molecule has 0 amide bonds. The van der Waals surface area contributed by atoms with E-state index in [9.17, 15) is 8.42 Å². The minimum atomic E-state index is -3.13. The van der Waals surface area contributed by atoms with Gasteiger partial charge in [0.15, 0.2) is 5.96 Å². The molecule has 1 aliphatic heterocycles. The van der Waals surface area contributed by atoms with E-state index in [1.165, 1.54) is 4.88 Å². The van der Waals surface area contributed by atoms with Crippen LogP contribution < -0.4 is 15.4 Å². The molecule has 1 aliphatic rings. The third-order valence-electron chi connectivity index (χ3n) is 4.47. The van der Waals surface area contributed by atoms with E-state index in [1.807, 2.05) is 6.92 Å². The predicted molar refractivity (Wildman–Crippen MR) is 131 cm³/mol. The van der Waals surface area contributed by atoms with Crippen molar-refractivity contribution < 1.29 is 13.2 Å². The van der Waals surface area contributed by atoms with Crippen LogP contribution in [0.3, 0.4) is 0 Å². The van der Waals surface area contributed by atoms with E-state index in [0.29, 0.717) is 26.1 Å². The lowest BCUT2D eigenvalue weighted by Gasteiger charge is -2.33. The highest BCUT2D eigenvalue weighted by molar-refractivity contribution is 14.0. The summed E-state index contributed by atoms with van der Waals surface area (Å²) in [7, 11) is -3.13. The maximum absolute atomic E-state index is 11.5. The fourth-order valence-electron chi connectivity index (χ4n) is 2.90. The molecule has 0 aliphatic carbocycles. The van der Waals surface area contributed by atoms with E-state index in [1.54, 1.807) is 18.3 Å². The summed E-state index contributed by atoms with van der Waals surface area (Å²) in [6, 6.07) is 4.49. The van der Waals surface area contributed by atoms with Gasteiger partial charge < -0.3 is 15.4 Å². The third-order valence-corrected chi connectivity index (χ3v) is 6.85. The summed E-state index contributed by atoms with van der Waals surface area (Å²) in [4.78, 5) is 8.54. The van der Waals surface area contributed by atoms with Crippen LogP contribution in [-0.4, -0.2) is 77.5 Å². The van der Waals surface area contributed by atoms with E-state index in [4.69, 9.17) is 9.73 Å². The van der Waals surface area contributed by atoms with E-state index >= 15 is 0 Å². The Kier molecular flexibility index (Phi) is 13.3. The molecule has 1 unspecified atom stereocenters. The van der Waals surface area contributed by atoms with Crippen LogP contribution in [0.4, 0.5) is 0 Å². The molecule has 1 aromatic rings. The average Bonchev–Trinajstić information content (AvgIpc) is 3.23. The summed E-state index contributed by atoms with van der Waals surface area (Å²) in [5.74, 6) is 0.867. The SMILES string of the molecule is CCNC(=NCC(c1cccs1)N1CCOCC1)NCCCNS(=O)(=O)CC.I. The van der Waals surface area contributed by atoms with Gasteiger partial charge in [0.1, 0.15) is 0 Å². The van der Waals surface area contributed by atoms with Gasteiger partial charge in [0.2, 0.25) is 10.0 Å². The van der Waals surface area contributed by atoms with Gasteiger partial charge in [-0.25, -0.2) is 13.1 Å². The largest absolute Gasteiger partial charge is 0.379 e. The highest BCUT2D eigenvalue weighted by Gasteiger charge is 2.23. The van der Waals surface area contributed by atoms with Crippen molar-refractivity contribution in [2.24, 2.45) is 4.99 Å². The zero-order valence-electron chi connectivity index (χ0n) is 17.2. The quantitative estimate of drug-likeness (QED) is 0.165. The Hall–Kier alpha value is -0.470. The number of morpholine rings is 1. The minimum Gasteiger partial charge on any atom is -0.379 e. The lowest BCUT2D eigenvalue weighted by Crippen LogP contribution is -2.42. The first-order chi connectivity index (χ1) is 13.6. The summed E-state index contributed by atoms with van der Waals surface area (Å²) in [5, 5.41) is 8.66. The summed E-state index contributed by atoms with van der Waals surface area (Å²) < 4.78 is 31.0. The second kappa shape index (κ2) is 14.5. The Labute approximate surface area is 195 Å². The van der Waals surface area contributed by atoms with Gasteiger partial charge in [-0.15, -0.1) is 35.3 Å². The molecule has 1 aromatic heterocycles. The lowest BCUT2D eigenvalue weighted by molar-refractivity contribution is 0.0186. The van der Waals surface area contributed by atoms with Crippen LogP contribution in [0.25, 0.3) is 0 Å². The normalized spacial score (nSPS) is 16.8. The van der Waals surface area contributed by atoms with Gasteiger partial charge in [0.25, 0.3) is 0 Å². The molecular weight excluding hydrogens is 525 g/mol. The Morgan fingerprint density at radius 2 is 2.03 bits per heavy atom. The van der Waals surface area contributed by atoms with Crippen LogP contribution in [0, 0.1) is 0 Å². The maximum Gasteiger partial charge on any atom is 0.211 e. The monoisotopic (exact) mass is 559 g/mol. The molecule has 3 N–H and O–H groups in total. The van der Waals surface area contributed by atoms with E-state index in [0.717, 1.165) is 38.8 Å². The predicted octanol–water partition coefficient (Wildman–Crippen LogP) is 1.62. The summed E-state index contributed by atoms with van der Waals surface area (Å²) in [6.45, 7) is 9.54. The molecule has 0 spiro atoms. The zero-order chi connectivity index (χ0) is 20.2. The second-order valence-corrected chi connectivity index (χ2v) is 9.55. The highest BCUT2D eigenvalue weighted by atomic mass is 127. The number of ether oxygens (including phenoxy) is 1. The molecule has 168 valence electrons. The smallest absolute Gasteiger partial charge is 0.211 e. The van der Waals surface area contributed by atoms with Crippen molar-refractivity contribution in [3.05, 3.63) is 22.4 Å². The number of thiophene rings is 1. The lowest BCUT2D eigenvalue weighted by atomic mass is 10.2. The Morgan fingerprint density at radius 3 is 2.66 bits per heavy atom. The van der Waals surface area contributed by atoms with Gasteiger partial charge in [-0.2, -0.15) is 0 Å². The molecule has 1 saturated heterocycles. The molecular formula is C18H34IN5O3S2. The molecule has 2 heterocycles. The highest BCUT2D eigenvalue weighted by Crippen LogP contribution is 2.26. The van der Waals surface area contributed by atoms with Crippen LogP contribution in [0.5, 0.6) is 0 Å². The molecule has 29 heavy (non-hydrogen) atoms. The summed E-state index contributed by atoms with van der Waals surface area (Å²) in [6.07, 6.45) is 0.696. The van der Waals surface area contributed by atoms with Crippen LogP contribution in [0.15, 0.2) is 22.5 Å². The van der Waals surface area contributed by atoms with Gasteiger partial charge in [-0.1, -0.05) is 6.07 Å². The van der Waals surface area contributed by atoms with Crippen molar-refractivity contribution in [1.29, 1.82) is 0 Å². The molecule has 2 rings (SSSR count). The number of guanidine groups is 1. The van der Waals surface area contributed by atoms with Crippen LogP contribution >= 0.6 is 35.3 Å². The first kappa shape index (κ1) is 26.6. The van der Waals surface area contributed by atoms with Crippen molar-refractivity contribution in [3.63, 3.8) is 0 Å². The molecule has 0 bridgehead atoms. The Bertz CT molecular complexity index is 680. The number of nitrogens with one attached hydrogen (secondary N) is 3. The second-order valence-electron chi connectivity index (χ2n) is 6.48. The minimum absolute atomic E-state index is 0. The first-order valence-electron chi connectivity index (χ1n) is 9.90. The van der Waals surface area contributed by atoms with Crippen LogP contribution in [-0.2, 0) is 14.8 Å². The van der Waals surface area contributed by atoms with Crippen molar-refractivity contribution in [1.82, 2.24) is 20.3 Å². The molecule has 8 nitrogen and oxygen atoms in total. The zero-order valence-corrected chi connectivity index (χ0v) is 21.2. The van der Waals surface area contributed by atoms with Crippen molar-refractivity contribution in [3.8, 4) is 0 Å². The van der Waals surface area contributed by atoms with Gasteiger partial charge in [0, 0.05) is 37.6 Å². The van der Waals surface area contributed by atoms with Crippen molar-refractivity contribution >= 4 is 51.3 Å². The molecule has 1 fully saturated rings. The summed E-state index contributed by atoms with van der Waals surface area (Å²) >= 11 is 1.76. The molecule has 0 aromatic carbocycles. The molecule has 0 radical (unpaired) electrons. The topological polar surface area (TPSA) is 95.1 Å². The molecule has 1 atom stereocenters. The Balaban J connectivity index is 0.00000420. The number of hydrogen-bond donors (Lipinski definition) is 3. The number of rotatable bonds is 11. The van der Waals surface area contributed by atoms with Gasteiger partial charge >= 0.3 is 0 Å². The number of aliphatic imine (C=N–C) groups is 1. The number of sulfonamides is 1. The van der Waals surface area contributed by atoms with Crippen LogP contribution in [0.2, 0.25) is 0 Å². The molecule has 0 saturated carbocycles. The van der Waals surface area contributed by atoms with E-state index in [-0.39, 0.29) is 35.8 Å². The average molecular weight is 560 g/mol. The van der Waals surface area contributed by atoms with Crippen LogP contribution in [0.1, 0.15) is 31.2 Å². The van der Waals surface area contributed by atoms with E-state index in [2.05, 4.69) is 37.8 Å². The van der Waals surface area contributed by atoms with Gasteiger partial charge in [-0.3, -0.25) is 9.89 Å². The third kappa shape index (κ3) is 9.92. The number of halogens is 1. The molecule has 11 heteroatoms. The van der Waals surface area contributed by atoms with Gasteiger partial charge in [0.05, 0.1) is 31.6 Å².